The van der Waals surface area contributed by atoms with Gasteiger partial charge in [0.2, 0.25) is 11.3 Å². The Labute approximate surface area is 170 Å². The third kappa shape index (κ3) is 4.14. The van der Waals surface area contributed by atoms with Gasteiger partial charge in [-0.25, -0.2) is 13.9 Å². The molecule has 0 saturated heterocycles. The summed E-state index contributed by atoms with van der Waals surface area (Å²) < 4.78 is 37.7. The first kappa shape index (κ1) is 19.9. The van der Waals surface area contributed by atoms with E-state index in [1.165, 1.54) is 28.7 Å². The zero-order valence-electron chi connectivity index (χ0n) is 16.1. The van der Waals surface area contributed by atoms with Crippen LogP contribution in [0.5, 0.6) is 0 Å². The van der Waals surface area contributed by atoms with Crippen LogP contribution in [0.3, 0.4) is 0 Å². The summed E-state index contributed by atoms with van der Waals surface area (Å²) in [4.78, 5) is 12.1. The van der Waals surface area contributed by atoms with Gasteiger partial charge in [-0.2, -0.15) is 14.4 Å². The fraction of sp³-hybridized carbons (Fsp3) is 0.421. The second-order valence-electron chi connectivity index (χ2n) is 7.30. The number of benzene rings is 1. The smallest absolute Gasteiger partial charge is 0.312 e. The average molecular weight is 418 g/mol. The van der Waals surface area contributed by atoms with E-state index in [1.807, 2.05) is 4.57 Å². The first-order valence-corrected chi connectivity index (χ1v) is 10.7. The molecule has 1 aromatic carbocycles. The van der Waals surface area contributed by atoms with E-state index in [2.05, 4.69) is 38.7 Å². The normalized spacial score (nSPS) is 14.4. The molecular formula is C19H23FN6O2S. The number of nitrogen functional groups attached to an aromatic ring is 1. The number of fused-ring (bicyclic) bond motifs is 2. The number of rotatable bonds is 7. The number of nitrogens with two attached hydrogens (primary N) is 1. The Bertz CT molecular complexity index is 1100. The van der Waals surface area contributed by atoms with Crippen LogP contribution < -0.4 is 10.5 Å². The number of anilines is 1. The SMILES string of the molecule is Cc1cc2c(cc1Cc1nc3c(N)nc(F)nc3n1CCCNS(=O)O)CCC2. The molecule has 1 atom stereocenters. The van der Waals surface area contributed by atoms with Crippen molar-refractivity contribution in [1.29, 1.82) is 0 Å². The molecule has 2 aromatic heterocycles. The summed E-state index contributed by atoms with van der Waals surface area (Å²) in [7, 11) is 0. The Kier molecular flexibility index (Phi) is 5.57. The van der Waals surface area contributed by atoms with Gasteiger partial charge in [-0.05, 0) is 54.9 Å². The Balaban J connectivity index is 1.70. The number of imidazole rings is 1. The summed E-state index contributed by atoms with van der Waals surface area (Å²) in [5, 5.41) is 0. The molecule has 1 aliphatic rings. The molecular weight excluding hydrogens is 395 g/mol. The van der Waals surface area contributed by atoms with E-state index in [4.69, 9.17) is 10.3 Å². The number of nitrogens with one attached hydrogen (secondary N) is 1. The van der Waals surface area contributed by atoms with Gasteiger partial charge in [0.15, 0.2) is 17.0 Å². The predicted molar refractivity (Wildman–Crippen MR) is 109 cm³/mol. The van der Waals surface area contributed by atoms with E-state index < -0.39 is 17.3 Å². The monoisotopic (exact) mass is 418 g/mol. The van der Waals surface area contributed by atoms with Gasteiger partial charge in [-0.3, -0.25) is 4.55 Å². The zero-order valence-corrected chi connectivity index (χ0v) is 16.9. The summed E-state index contributed by atoms with van der Waals surface area (Å²) in [6.45, 7) is 2.87. The summed E-state index contributed by atoms with van der Waals surface area (Å²) in [6.07, 6.45) is 3.61. The van der Waals surface area contributed by atoms with Crippen molar-refractivity contribution < 1.29 is 13.2 Å². The van der Waals surface area contributed by atoms with Gasteiger partial charge >= 0.3 is 6.08 Å². The van der Waals surface area contributed by atoms with E-state index in [9.17, 15) is 8.60 Å². The number of aryl methyl sites for hydroxylation is 4. The van der Waals surface area contributed by atoms with Crippen molar-refractivity contribution in [2.75, 3.05) is 12.3 Å². The second kappa shape index (κ2) is 8.13. The fourth-order valence-corrected chi connectivity index (χ4v) is 4.28. The van der Waals surface area contributed by atoms with Crippen LogP contribution in [0.25, 0.3) is 11.2 Å². The van der Waals surface area contributed by atoms with Crippen LogP contribution in [-0.4, -0.2) is 34.8 Å². The molecule has 10 heteroatoms. The van der Waals surface area contributed by atoms with Crippen LogP contribution in [0.15, 0.2) is 12.1 Å². The third-order valence-corrected chi connectivity index (χ3v) is 5.81. The van der Waals surface area contributed by atoms with Crippen molar-refractivity contribution in [2.24, 2.45) is 0 Å². The molecule has 0 bridgehead atoms. The Morgan fingerprint density at radius 2 is 2.03 bits per heavy atom. The van der Waals surface area contributed by atoms with Crippen LogP contribution in [0, 0.1) is 13.0 Å². The van der Waals surface area contributed by atoms with Gasteiger partial charge in [0.1, 0.15) is 5.82 Å². The maximum atomic E-state index is 13.8. The minimum absolute atomic E-state index is 0.00719. The first-order chi connectivity index (χ1) is 13.9. The lowest BCUT2D eigenvalue weighted by Gasteiger charge is -2.12. The average Bonchev–Trinajstić information content (AvgIpc) is 3.23. The van der Waals surface area contributed by atoms with Crippen LogP contribution in [-0.2, 0) is 37.1 Å². The maximum Gasteiger partial charge on any atom is 0.312 e. The number of halogens is 1. The lowest BCUT2D eigenvalue weighted by atomic mass is 9.98. The molecule has 154 valence electrons. The van der Waals surface area contributed by atoms with E-state index in [0.717, 1.165) is 18.7 Å². The van der Waals surface area contributed by atoms with E-state index in [-0.39, 0.29) is 5.82 Å². The van der Waals surface area contributed by atoms with Crippen LogP contribution in [0.1, 0.15) is 40.9 Å². The molecule has 0 radical (unpaired) electrons. The molecule has 1 unspecified atom stereocenters. The van der Waals surface area contributed by atoms with Gasteiger partial charge in [0.25, 0.3) is 0 Å². The van der Waals surface area contributed by atoms with Crippen molar-refractivity contribution in [3.05, 3.63) is 46.3 Å². The van der Waals surface area contributed by atoms with Crippen LogP contribution >= 0.6 is 0 Å². The van der Waals surface area contributed by atoms with Gasteiger partial charge in [0, 0.05) is 19.5 Å². The van der Waals surface area contributed by atoms with Crippen molar-refractivity contribution >= 4 is 28.2 Å². The molecule has 0 amide bonds. The summed E-state index contributed by atoms with van der Waals surface area (Å²) >= 11 is -2.07. The maximum absolute atomic E-state index is 13.8. The third-order valence-electron chi connectivity index (χ3n) is 5.36. The lowest BCUT2D eigenvalue weighted by molar-refractivity contribution is 0.535. The van der Waals surface area contributed by atoms with Gasteiger partial charge < -0.3 is 10.3 Å². The minimum atomic E-state index is -2.07. The Hall–Kier alpha value is -2.43. The Morgan fingerprint density at radius 1 is 1.28 bits per heavy atom. The number of nitrogens with zero attached hydrogens (tertiary/aromatic N) is 4. The molecule has 2 heterocycles. The summed E-state index contributed by atoms with van der Waals surface area (Å²) in [5.41, 5.74) is 11.8. The largest absolute Gasteiger partial charge is 0.382 e. The van der Waals surface area contributed by atoms with Crippen molar-refractivity contribution in [3.63, 3.8) is 0 Å². The number of aromatic nitrogens is 4. The quantitative estimate of drug-likeness (QED) is 0.307. The minimum Gasteiger partial charge on any atom is -0.382 e. The highest BCUT2D eigenvalue weighted by molar-refractivity contribution is 7.77. The molecule has 8 nitrogen and oxygen atoms in total. The highest BCUT2D eigenvalue weighted by atomic mass is 32.2. The highest BCUT2D eigenvalue weighted by Crippen LogP contribution is 2.28. The zero-order chi connectivity index (χ0) is 20.5. The molecule has 29 heavy (non-hydrogen) atoms. The predicted octanol–water partition coefficient (Wildman–Crippen LogP) is 2.05. The lowest BCUT2D eigenvalue weighted by Crippen LogP contribution is -2.19. The van der Waals surface area contributed by atoms with Crippen molar-refractivity contribution in [1.82, 2.24) is 24.2 Å². The fourth-order valence-electron chi connectivity index (χ4n) is 3.97. The topological polar surface area (TPSA) is 119 Å². The number of hydrogen-bond acceptors (Lipinski definition) is 5. The van der Waals surface area contributed by atoms with E-state index >= 15 is 0 Å². The molecule has 0 saturated carbocycles. The first-order valence-electron chi connectivity index (χ1n) is 9.56. The molecule has 0 aliphatic heterocycles. The van der Waals surface area contributed by atoms with Crippen molar-refractivity contribution in [3.8, 4) is 0 Å². The van der Waals surface area contributed by atoms with E-state index in [0.29, 0.717) is 37.1 Å². The molecule has 4 rings (SSSR count). The summed E-state index contributed by atoms with van der Waals surface area (Å²) in [5.74, 6) is 0.727. The van der Waals surface area contributed by atoms with Gasteiger partial charge in [-0.15, -0.1) is 0 Å². The standard InChI is InChI=1S/C19H23FN6O2S/c1-11-8-12-4-2-5-13(12)9-14(11)10-15-23-16-17(21)24-19(20)25-18(16)26(15)7-3-6-22-29(27)28/h8-9,22H,2-7,10H2,1H3,(H,27,28)(H2,21,24,25). The molecule has 1 aliphatic carbocycles. The van der Waals surface area contributed by atoms with Gasteiger partial charge in [0.05, 0.1) is 0 Å². The Morgan fingerprint density at radius 3 is 2.79 bits per heavy atom. The van der Waals surface area contributed by atoms with Crippen molar-refractivity contribution in [2.45, 2.75) is 45.6 Å². The summed E-state index contributed by atoms with van der Waals surface area (Å²) in [6, 6.07) is 4.49. The molecule has 4 N–H and O–H groups in total. The second-order valence-corrected chi connectivity index (χ2v) is 8.09. The van der Waals surface area contributed by atoms with Crippen LogP contribution in [0.4, 0.5) is 10.2 Å². The van der Waals surface area contributed by atoms with Crippen LogP contribution in [0.2, 0.25) is 0 Å². The molecule has 0 spiro atoms. The molecule has 0 fully saturated rings. The van der Waals surface area contributed by atoms with Gasteiger partial charge in [-0.1, -0.05) is 12.1 Å². The molecule has 3 aromatic rings. The van der Waals surface area contributed by atoms with E-state index in [1.54, 1.807) is 0 Å². The number of hydrogen-bond donors (Lipinski definition) is 3. The highest BCUT2D eigenvalue weighted by Gasteiger charge is 2.19.